The van der Waals surface area contributed by atoms with Crippen LogP contribution >= 0.6 is 0 Å². The lowest BCUT2D eigenvalue weighted by atomic mass is 10.1. The number of esters is 1. The van der Waals surface area contributed by atoms with Gasteiger partial charge in [0.25, 0.3) is 0 Å². The molecule has 2 aromatic rings. The zero-order valence-corrected chi connectivity index (χ0v) is 11.6. The van der Waals surface area contributed by atoms with Crippen molar-refractivity contribution in [1.82, 2.24) is 5.32 Å². The Hall–Kier alpha value is -2.60. The zero-order chi connectivity index (χ0) is 15.2. The molecule has 0 aliphatic rings. The van der Waals surface area contributed by atoms with Crippen LogP contribution in [0.15, 0.2) is 41.0 Å². The molecule has 1 aromatic carbocycles. The number of hydrogen-bond acceptors (Lipinski definition) is 5. The quantitative estimate of drug-likeness (QED) is 0.785. The highest BCUT2D eigenvalue weighted by atomic mass is 16.5. The zero-order valence-electron chi connectivity index (χ0n) is 11.6. The molecule has 1 amide bonds. The Bertz CT molecular complexity index is 649. The SMILES string of the molecule is COC(=O)c1coc(CNCc2cccc(C(N)=O)c2)c1. The summed E-state index contributed by atoms with van der Waals surface area (Å²) >= 11 is 0. The molecule has 6 nitrogen and oxygen atoms in total. The smallest absolute Gasteiger partial charge is 0.341 e. The standard InChI is InChI=1S/C15H16N2O4/c1-20-15(19)12-6-13(21-9-12)8-17-7-10-3-2-4-11(5-10)14(16)18/h2-6,9,17H,7-8H2,1H3,(H2,16,18). The van der Waals surface area contributed by atoms with Crippen molar-refractivity contribution in [2.45, 2.75) is 13.1 Å². The molecular formula is C15H16N2O4. The van der Waals surface area contributed by atoms with Crippen LogP contribution in [0.2, 0.25) is 0 Å². The molecule has 110 valence electrons. The Morgan fingerprint density at radius 3 is 2.76 bits per heavy atom. The van der Waals surface area contributed by atoms with Gasteiger partial charge in [-0.15, -0.1) is 0 Å². The largest absolute Gasteiger partial charge is 0.467 e. The number of ether oxygens (including phenoxy) is 1. The second kappa shape index (κ2) is 6.71. The van der Waals surface area contributed by atoms with Crippen LogP contribution in [0.25, 0.3) is 0 Å². The summed E-state index contributed by atoms with van der Waals surface area (Å²) in [6, 6.07) is 8.69. The van der Waals surface area contributed by atoms with Gasteiger partial charge in [-0.3, -0.25) is 4.79 Å². The van der Waals surface area contributed by atoms with Gasteiger partial charge in [-0.05, 0) is 23.8 Å². The van der Waals surface area contributed by atoms with Crippen LogP contribution in [-0.4, -0.2) is 19.0 Å². The summed E-state index contributed by atoms with van der Waals surface area (Å²) in [4.78, 5) is 22.4. The molecule has 0 aliphatic heterocycles. The van der Waals surface area contributed by atoms with E-state index in [0.29, 0.717) is 30.0 Å². The summed E-state index contributed by atoms with van der Waals surface area (Å²) in [5, 5.41) is 3.16. The number of primary amides is 1. The third-order valence-electron chi connectivity index (χ3n) is 2.91. The van der Waals surface area contributed by atoms with E-state index in [1.165, 1.54) is 13.4 Å². The molecule has 0 saturated carbocycles. The highest BCUT2D eigenvalue weighted by molar-refractivity contribution is 5.92. The second-order valence-corrected chi connectivity index (χ2v) is 4.46. The predicted molar refractivity (Wildman–Crippen MR) is 75.6 cm³/mol. The molecule has 0 saturated heterocycles. The Morgan fingerprint density at radius 2 is 2.05 bits per heavy atom. The number of furan rings is 1. The highest BCUT2D eigenvalue weighted by Gasteiger charge is 2.09. The number of rotatable bonds is 6. The van der Waals surface area contributed by atoms with Crippen LogP contribution in [0.5, 0.6) is 0 Å². The van der Waals surface area contributed by atoms with Crippen LogP contribution in [-0.2, 0) is 17.8 Å². The van der Waals surface area contributed by atoms with Crippen molar-refractivity contribution < 1.29 is 18.7 Å². The first-order valence-corrected chi connectivity index (χ1v) is 6.35. The minimum Gasteiger partial charge on any atom is -0.467 e. The van der Waals surface area contributed by atoms with Crippen molar-refractivity contribution >= 4 is 11.9 Å². The third kappa shape index (κ3) is 3.93. The van der Waals surface area contributed by atoms with Crippen LogP contribution in [0.3, 0.4) is 0 Å². The van der Waals surface area contributed by atoms with Crippen molar-refractivity contribution in [3.05, 3.63) is 59.0 Å². The van der Waals surface area contributed by atoms with E-state index in [0.717, 1.165) is 5.56 Å². The van der Waals surface area contributed by atoms with Gasteiger partial charge < -0.3 is 20.2 Å². The maximum absolute atomic E-state index is 11.3. The fraction of sp³-hybridized carbons (Fsp3) is 0.200. The number of hydrogen-bond donors (Lipinski definition) is 2. The molecule has 0 fully saturated rings. The molecule has 0 atom stereocenters. The fourth-order valence-corrected chi connectivity index (χ4v) is 1.86. The van der Waals surface area contributed by atoms with E-state index in [1.54, 1.807) is 24.3 Å². The summed E-state index contributed by atoms with van der Waals surface area (Å²) in [6.07, 6.45) is 1.36. The van der Waals surface area contributed by atoms with E-state index in [4.69, 9.17) is 10.2 Å². The second-order valence-electron chi connectivity index (χ2n) is 4.46. The number of carbonyl (C=O) groups excluding carboxylic acids is 2. The molecule has 0 aliphatic carbocycles. The maximum atomic E-state index is 11.3. The molecule has 0 spiro atoms. The van der Waals surface area contributed by atoms with Crippen molar-refractivity contribution in [3.63, 3.8) is 0 Å². The van der Waals surface area contributed by atoms with E-state index in [2.05, 4.69) is 10.1 Å². The first-order chi connectivity index (χ1) is 10.1. The van der Waals surface area contributed by atoms with Gasteiger partial charge in [-0.25, -0.2) is 4.79 Å². The lowest BCUT2D eigenvalue weighted by Gasteiger charge is -2.04. The van der Waals surface area contributed by atoms with Gasteiger partial charge in [0.05, 0.1) is 19.2 Å². The molecule has 0 radical (unpaired) electrons. The average Bonchev–Trinajstić information content (AvgIpc) is 2.95. The summed E-state index contributed by atoms with van der Waals surface area (Å²) in [5.74, 6) is -0.258. The van der Waals surface area contributed by atoms with E-state index >= 15 is 0 Å². The molecule has 3 N–H and O–H groups in total. The van der Waals surface area contributed by atoms with Gasteiger partial charge in [-0.1, -0.05) is 12.1 Å². The topological polar surface area (TPSA) is 94.6 Å². The van der Waals surface area contributed by atoms with Gasteiger partial charge in [-0.2, -0.15) is 0 Å². The molecule has 6 heteroatoms. The van der Waals surface area contributed by atoms with Gasteiger partial charge in [0.1, 0.15) is 12.0 Å². The highest BCUT2D eigenvalue weighted by Crippen LogP contribution is 2.09. The fourth-order valence-electron chi connectivity index (χ4n) is 1.86. The predicted octanol–water partition coefficient (Wildman–Crippen LogP) is 1.45. The van der Waals surface area contributed by atoms with Gasteiger partial charge in [0.2, 0.25) is 5.91 Å². The van der Waals surface area contributed by atoms with Crippen LogP contribution in [0.4, 0.5) is 0 Å². The normalized spacial score (nSPS) is 10.3. The van der Waals surface area contributed by atoms with Crippen LogP contribution < -0.4 is 11.1 Å². The maximum Gasteiger partial charge on any atom is 0.341 e. The minimum atomic E-state index is -0.453. The summed E-state index contributed by atoms with van der Waals surface area (Å²) in [7, 11) is 1.32. The monoisotopic (exact) mass is 288 g/mol. The third-order valence-corrected chi connectivity index (χ3v) is 2.91. The minimum absolute atomic E-state index is 0.380. The molecule has 0 bridgehead atoms. The molecule has 1 heterocycles. The summed E-state index contributed by atoms with van der Waals surface area (Å²) < 4.78 is 9.85. The number of nitrogens with two attached hydrogens (primary N) is 1. The number of benzene rings is 1. The van der Waals surface area contributed by atoms with E-state index in [1.807, 2.05) is 6.07 Å². The number of methoxy groups -OCH3 is 1. The average molecular weight is 288 g/mol. The Kier molecular flexibility index (Phi) is 4.73. The lowest BCUT2D eigenvalue weighted by molar-refractivity contribution is 0.0600. The van der Waals surface area contributed by atoms with Gasteiger partial charge in [0, 0.05) is 12.1 Å². The number of nitrogens with one attached hydrogen (secondary N) is 1. The number of amides is 1. The van der Waals surface area contributed by atoms with E-state index in [-0.39, 0.29) is 0 Å². The Labute approximate surface area is 121 Å². The van der Waals surface area contributed by atoms with Gasteiger partial charge in [0.15, 0.2) is 0 Å². The first kappa shape index (κ1) is 14.8. The molecular weight excluding hydrogens is 272 g/mol. The molecule has 0 unspecified atom stereocenters. The van der Waals surface area contributed by atoms with Crippen molar-refractivity contribution in [1.29, 1.82) is 0 Å². The molecule has 2 rings (SSSR count). The molecule has 21 heavy (non-hydrogen) atoms. The van der Waals surface area contributed by atoms with E-state index < -0.39 is 11.9 Å². The van der Waals surface area contributed by atoms with Gasteiger partial charge >= 0.3 is 5.97 Å². The summed E-state index contributed by atoms with van der Waals surface area (Å²) in [5.41, 5.74) is 7.02. The Balaban J connectivity index is 1.89. The van der Waals surface area contributed by atoms with Crippen LogP contribution in [0, 0.1) is 0 Å². The van der Waals surface area contributed by atoms with Crippen LogP contribution in [0.1, 0.15) is 32.0 Å². The van der Waals surface area contributed by atoms with Crippen molar-refractivity contribution in [2.75, 3.05) is 7.11 Å². The summed E-state index contributed by atoms with van der Waals surface area (Å²) in [6.45, 7) is 1.01. The van der Waals surface area contributed by atoms with Crippen molar-refractivity contribution in [3.8, 4) is 0 Å². The Morgan fingerprint density at radius 1 is 1.24 bits per heavy atom. The molecule has 1 aromatic heterocycles. The first-order valence-electron chi connectivity index (χ1n) is 6.35. The van der Waals surface area contributed by atoms with E-state index in [9.17, 15) is 9.59 Å². The van der Waals surface area contributed by atoms with Crippen molar-refractivity contribution in [2.24, 2.45) is 5.73 Å². The lowest BCUT2D eigenvalue weighted by Crippen LogP contribution is -2.14. The number of carbonyl (C=O) groups is 2.